The van der Waals surface area contributed by atoms with Gasteiger partial charge in [-0.25, -0.2) is 8.42 Å². The summed E-state index contributed by atoms with van der Waals surface area (Å²) in [6.45, 7) is 3.91. The molecule has 0 bridgehead atoms. The molecule has 0 aromatic heterocycles. The molecule has 10 nitrogen and oxygen atoms in total. The summed E-state index contributed by atoms with van der Waals surface area (Å²) in [6, 6.07) is 5.08. The Hall–Kier alpha value is -2.44. The molecular formula is C29H42N6O4S. The van der Waals surface area contributed by atoms with Gasteiger partial charge in [0.2, 0.25) is 10.0 Å². The fourth-order valence-corrected chi connectivity index (χ4v) is 8.68. The molecule has 4 N–H and O–H groups in total. The van der Waals surface area contributed by atoms with Crippen LogP contribution in [0.5, 0.6) is 5.75 Å². The highest BCUT2D eigenvalue weighted by atomic mass is 32.2. The van der Waals surface area contributed by atoms with Gasteiger partial charge in [-0.15, -0.1) is 0 Å². The second-order valence-electron chi connectivity index (χ2n) is 11.5. The Kier molecular flexibility index (Phi) is 7.93. The fraction of sp³-hybridized carbons (Fsp3) is 0.621. The van der Waals surface area contributed by atoms with Crippen molar-refractivity contribution in [3.8, 4) is 5.75 Å². The van der Waals surface area contributed by atoms with Gasteiger partial charge in [0.25, 0.3) is 0 Å². The first-order valence-electron chi connectivity index (χ1n) is 14.7. The van der Waals surface area contributed by atoms with Crippen LogP contribution in [0.2, 0.25) is 0 Å². The van der Waals surface area contributed by atoms with E-state index < -0.39 is 15.6 Å². The maximum absolute atomic E-state index is 13.9. The number of amidine groups is 1. The molecule has 4 aliphatic heterocycles. The number of sulfonamides is 1. The highest BCUT2D eigenvalue weighted by Gasteiger charge is 2.43. The standard InChI is InChI=1S/C29H42N6O4S/c1-38-25-19-22(40(36,37)35-14-6-5-9-27(35)34-15-17-39-18-16-34)10-11-24(25)32-26-20-29(30,21-7-3-2-4-8-21)23-12-13-31-28(23)33-26/h10-12,19-21,27,32H,2-9,13-18,30H2,1H3,(H,31,33). The molecule has 2 unspecified atom stereocenters. The number of rotatable bonds is 7. The monoisotopic (exact) mass is 570 g/mol. The van der Waals surface area contributed by atoms with Gasteiger partial charge in [-0.2, -0.15) is 4.31 Å². The lowest BCUT2D eigenvalue weighted by Crippen LogP contribution is -2.56. The maximum atomic E-state index is 13.9. The van der Waals surface area contributed by atoms with E-state index in [1.54, 1.807) is 29.6 Å². The third kappa shape index (κ3) is 5.18. The summed E-state index contributed by atoms with van der Waals surface area (Å²) in [7, 11) is -2.16. The van der Waals surface area contributed by atoms with Crippen LogP contribution in [0.15, 0.2) is 51.6 Å². The van der Waals surface area contributed by atoms with Crippen molar-refractivity contribution < 1.29 is 17.9 Å². The molecule has 5 aliphatic rings. The highest BCUT2D eigenvalue weighted by molar-refractivity contribution is 7.89. The van der Waals surface area contributed by atoms with Crippen molar-refractivity contribution in [3.63, 3.8) is 0 Å². The van der Waals surface area contributed by atoms with Crippen molar-refractivity contribution in [1.29, 1.82) is 0 Å². The van der Waals surface area contributed by atoms with E-state index in [9.17, 15) is 8.42 Å². The zero-order valence-electron chi connectivity index (χ0n) is 23.4. The van der Waals surface area contributed by atoms with Crippen LogP contribution in [0.4, 0.5) is 5.69 Å². The lowest BCUT2D eigenvalue weighted by molar-refractivity contribution is -0.0215. The van der Waals surface area contributed by atoms with Crippen LogP contribution in [-0.2, 0) is 14.8 Å². The number of hydrogen-bond acceptors (Lipinski definition) is 9. The molecule has 1 aromatic carbocycles. The largest absolute Gasteiger partial charge is 0.495 e. The quantitative estimate of drug-likeness (QED) is 0.458. The smallest absolute Gasteiger partial charge is 0.244 e. The van der Waals surface area contributed by atoms with Crippen LogP contribution >= 0.6 is 0 Å². The van der Waals surface area contributed by atoms with Gasteiger partial charge >= 0.3 is 0 Å². The molecule has 40 heavy (non-hydrogen) atoms. The molecule has 4 heterocycles. The molecule has 2 atom stereocenters. The Labute approximate surface area is 237 Å². The molecule has 1 aromatic rings. The van der Waals surface area contributed by atoms with Gasteiger partial charge < -0.3 is 25.8 Å². The zero-order chi connectivity index (χ0) is 27.7. The minimum absolute atomic E-state index is 0.144. The Balaban J connectivity index is 1.26. The molecule has 1 aliphatic carbocycles. The molecule has 218 valence electrons. The van der Waals surface area contributed by atoms with Gasteiger partial charge in [-0.05, 0) is 56.2 Å². The number of methoxy groups -OCH3 is 1. The zero-order valence-corrected chi connectivity index (χ0v) is 24.2. The van der Waals surface area contributed by atoms with E-state index in [1.807, 2.05) is 0 Å². The minimum Gasteiger partial charge on any atom is -0.495 e. The third-order valence-corrected chi connectivity index (χ3v) is 11.0. The van der Waals surface area contributed by atoms with Gasteiger partial charge in [0.1, 0.15) is 17.4 Å². The third-order valence-electron chi connectivity index (χ3n) is 9.12. The number of nitrogens with one attached hydrogen (secondary N) is 2. The molecule has 11 heteroatoms. The molecule has 0 spiro atoms. The first-order chi connectivity index (χ1) is 19.4. The Morgan fingerprint density at radius 2 is 1.88 bits per heavy atom. The van der Waals surface area contributed by atoms with Crippen LogP contribution in [0, 0.1) is 5.92 Å². The molecule has 3 fully saturated rings. The van der Waals surface area contributed by atoms with E-state index in [0.29, 0.717) is 43.7 Å². The second-order valence-corrected chi connectivity index (χ2v) is 13.4. The first-order valence-corrected chi connectivity index (χ1v) is 16.2. The van der Waals surface area contributed by atoms with E-state index in [1.165, 1.54) is 19.3 Å². The van der Waals surface area contributed by atoms with Gasteiger partial charge in [0.05, 0.1) is 49.2 Å². The molecular weight excluding hydrogens is 528 g/mol. The topological polar surface area (TPSA) is 122 Å². The van der Waals surface area contributed by atoms with Crippen LogP contribution in [0.3, 0.4) is 0 Å². The van der Waals surface area contributed by atoms with Crippen LogP contribution in [-0.4, -0.2) is 81.7 Å². The van der Waals surface area contributed by atoms with Gasteiger partial charge in [0.15, 0.2) is 0 Å². The summed E-state index contributed by atoms with van der Waals surface area (Å²) < 4.78 is 40.7. The number of ether oxygens (including phenoxy) is 2. The van der Waals surface area contributed by atoms with Crippen LogP contribution in [0.1, 0.15) is 51.4 Å². The number of aliphatic imine (C=N–C) groups is 1. The number of morpholine rings is 1. The van der Waals surface area contributed by atoms with E-state index in [2.05, 4.69) is 32.7 Å². The number of fused-ring (bicyclic) bond motifs is 1. The lowest BCUT2D eigenvalue weighted by Gasteiger charge is -2.43. The van der Waals surface area contributed by atoms with E-state index in [0.717, 1.165) is 62.4 Å². The second kappa shape index (κ2) is 11.4. The fourth-order valence-electron chi connectivity index (χ4n) is 6.99. The summed E-state index contributed by atoms with van der Waals surface area (Å²) in [5, 5.41) is 6.83. The summed E-state index contributed by atoms with van der Waals surface area (Å²) >= 11 is 0. The van der Waals surface area contributed by atoms with Crippen molar-refractivity contribution in [1.82, 2.24) is 14.5 Å². The van der Waals surface area contributed by atoms with Gasteiger partial charge in [0, 0.05) is 31.3 Å². The SMILES string of the molecule is COc1cc(S(=O)(=O)N2CCCCC2N2CCOCC2)ccc1NC1=CC(N)(C2CCCCC2)C2=CCN=C2N1. The average Bonchev–Trinajstić information content (AvgIpc) is 3.48. The van der Waals surface area contributed by atoms with Crippen molar-refractivity contribution in [3.05, 3.63) is 41.7 Å². The van der Waals surface area contributed by atoms with E-state index in [4.69, 9.17) is 15.2 Å². The van der Waals surface area contributed by atoms with Crippen LogP contribution < -0.4 is 21.1 Å². The first kappa shape index (κ1) is 27.7. The number of piperidine rings is 1. The van der Waals surface area contributed by atoms with Crippen molar-refractivity contribution >= 4 is 21.5 Å². The number of hydrogen-bond donors (Lipinski definition) is 3. The number of nitrogens with zero attached hydrogens (tertiary/aromatic N) is 3. The highest BCUT2D eigenvalue weighted by Crippen LogP contribution is 2.41. The Morgan fingerprint density at radius 1 is 1.10 bits per heavy atom. The molecule has 6 rings (SSSR count). The Bertz CT molecular complexity index is 1300. The number of anilines is 1. The van der Waals surface area contributed by atoms with Crippen molar-refractivity contribution in [2.45, 2.75) is 68.0 Å². The van der Waals surface area contributed by atoms with Gasteiger partial charge in [-0.1, -0.05) is 25.3 Å². The maximum Gasteiger partial charge on any atom is 0.244 e. The van der Waals surface area contributed by atoms with Crippen molar-refractivity contribution in [2.75, 3.05) is 51.8 Å². The van der Waals surface area contributed by atoms with Crippen LogP contribution in [0.25, 0.3) is 0 Å². The summed E-state index contributed by atoms with van der Waals surface area (Å²) in [5.74, 6) is 2.37. The molecule has 0 amide bonds. The predicted octanol–water partition coefficient (Wildman–Crippen LogP) is 3.00. The summed E-state index contributed by atoms with van der Waals surface area (Å²) in [4.78, 5) is 7.13. The lowest BCUT2D eigenvalue weighted by atomic mass is 9.70. The summed E-state index contributed by atoms with van der Waals surface area (Å²) in [6.07, 6.45) is 12.6. The molecule has 0 radical (unpaired) electrons. The Morgan fingerprint density at radius 3 is 2.65 bits per heavy atom. The summed E-state index contributed by atoms with van der Waals surface area (Å²) in [5.41, 5.74) is 8.29. The normalized spacial score (nSPS) is 28.6. The molecule has 1 saturated carbocycles. The predicted molar refractivity (Wildman–Crippen MR) is 156 cm³/mol. The van der Waals surface area contributed by atoms with Gasteiger partial charge in [-0.3, -0.25) is 9.89 Å². The number of benzene rings is 1. The van der Waals surface area contributed by atoms with E-state index in [-0.39, 0.29) is 11.1 Å². The van der Waals surface area contributed by atoms with Crippen molar-refractivity contribution in [2.24, 2.45) is 16.6 Å². The minimum atomic E-state index is -3.72. The number of nitrogens with two attached hydrogens (primary N) is 1. The molecule has 2 saturated heterocycles. The van der Waals surface area contributed by atoms with E-state index >= 15 is 0 Å². The average molecular weight is 571 g/mol.